The normalized spacial score (nSPS) is 13.0. The summed E-state index contributed by atoms with van der Waals surface area (Å²) in [7, 11) is 0. The molecule has 1 aromatic carbocycles. The lowest BCUT2D eigenvalue weighted by molar-refractivity contribution is 0.733. The summed E-state index contributed by atoms with van der Waals surface area (Å²) in [6.45, 7) is 4.29. The summed E-state index contributed by atoms with van der Waals surface area (Å²) in [6.07, 6.45) is 0.818. The lowest BCUT2D eigenvalue weighted by Crippen LogP contribution is -2.11. The molecule has 98 valence electrons. The second-order valence-electron chi connectivity index (χ2n) is 4.77. The Hall–Kier alpha value is -1.23. The molecule has 0 spiro atoms. The van der Waals surface area contributed by atoms with Gasteiger partial charge in [-0.25, -0.2) is 4.98 Å². The van der Waals surface area contributed by atoms with Gasteiger partial charge in [-0.15, -0.1) is 22.7 Å². The maximum absolute atomic E-state index is 6.31. The van der Waals surface area contributed by atoms with Gasteiger partial charge in [0.05, 0.1) is 15.2 Å². The third-order valence-corrected chi connectivity index (χ3v) is 5.63. The van der Waals surface area contributed by atoms with Gasteiger partial charge < -0.3 is 5.73 Å². The van der Waals surface area contributed by atoms with Gasteiger partial charge in [0.1, 0.15) is 0 Å². The zero-order chi connectivity index (χ0) is 13.4. The van der Waals surface area contributed by atoms with Crippen LogP contribution >= 0.6 is 22.7 Å². The molecule has 1 unspecified atom stereocenters. The van der Waals surface area contributed by atoms with E-state index in [1.54, 1.807) is 22.7 Å². The van der Waals surface area contributed by atoms with Gasteiger partial charge in [0.2, 0.25) is 0 Å². The van der Waals surface area contributed by atoms with Crippen molar-refractivity contribution < 1.29 is 0 Å². The third kappa shape index (κ3) is 2.56. The van der Waals surface area contributed by atoms with Crippen LogP contribution in [0.1, 0.15) is 26.4 Å². The Bertz CT molecular complexity index is 659. The first-order valence-electron chi connectivity index (χ1n) is 6.30. The Labute approximate surface area is 120 Å². The molecule has 0 saturated heterocycles. The topological polar surface area (TPSA) is 38.9 Å². The summed E-state index contributed by atoms with van der Waals surface area (Å²) >= 11 is 3.55. The quantitative estimate of drug-likeness (QED) is 0.784. The van der Waals surface area contributed by atoms with Crippen molar-refractivity contribution in [3.8, 4) is 0 Å². The first-order valence-corrected chi connectivity index (χ1v) is 7.94. The maximum atomic E-state index is 6.31. The molecule has 1 atom stereocenters. The van der Waals surface area contributed by atoms with E-state index >= 15 is 0 Å². The zero-order valence-corrected chi connectivity index (χ0v) is 12.6. The second-order valence-corrected chi connectivity index (χ2v) is 7.18. The highest BCUT2D eigenvalue weighted by Crippen LogP contribution is 2.29. The summed E-state index contributed by atoms with van der Waals surface area (Å²) in [6, 6.07) is 10.5. The lowest BCUT2D eigenvalue weighted by Gasteiger charge is -2.06. The van der Waals surface area contributed by atoms with E-state index in [2.05, 4.69) is 43.1 Å². The third-order valence-electron chi connectivity index (χ3n) is 3.28. The highest BCUT2D eigenvalue weighted by atomic mass is 32.1. The fourth-order valence-corrected chi connectivity index (χ4v) is 4.15. The first-order chi connectivity index (χ1) is 9.13. The highest BCUT2D eigenvalue weighted by Gasteiger charge is 2.13. The molecule has 2 aromatic heterocycles. The van der Waals surface area contributed by atoms with E-state index in [0.29, 0.717) is 0 Å². The number of benzene rings is 1. The molecule has 0 aliphatic carbocycles. The van der Waals surface area contributed by atoms with Gasteiger partial charge in [-0.3, -0.25) is 0 Å². The molecule has 2 heterocycles. The summed E-state index contributed by atoms with van der Waals surface area (Å²) in [5, 5.41) is 1.12. The zero-order valence-electron chi connectivity index (χ0n) is 11.0. The summed E-state index contributed by atoms with van der Waals surface area (Å²) in [5.41, 5.74) is 8.72. The van der Waals surface area contributed by atoms with E-state index < -0.39 is 0 Å². The molecular formula is C15H16N2S2. The highest BCUT2D eigenvalue weighted by molar-refractivity contribution is 7.18. The van der Waals surface area contributed by atoms with Crippen molar-refractivity contribution in [3.63, 3.8) is 0 Å². The van der Waals surface area contributed by atoms with Crippen molar-refractivity contribution in [2.45, 2.75) is 26.3 Å². The van der Waals surface area contributed by atoms with Crippen LogP contribution in [0.15, 0.2) is 30.3 Å². The van der Waals surface area contributed by atoms with Crippen molar-refractivity contribution in [2.24, 2.45) is 5.73 Å². The predicted molar refractivity (Wildman–Crippen MR) is 84.0 cm³/mol. The molecule has 19 heavy (non-hydrogen) atoms. The van der Waals surface area contributed by atoms with Crippen molar-refractivity contribution >= 4 is 32.9 Å². The Kier molecular flexibility index (Phi) is 3.39. The molecule has 2 nitrogen and oxygen atoms in total. The molecule has 2 N–H and O–H groups in total. The first kappa shape index (κ1) is 12.8. The van der Waals surface area contributed by atoms with Crippen molar-refractivity contribution in [1.82, 2.24) is 4.98 Å². The second kappa shape index (κ2) is 5.04. The van der Waals surface area contributed by atoms with E-state index in [1.165, 1.54) is 20.0 Å². The van der Waals surface area contributed by atoms with Gasteiger partial charge in [-0.1, -0.05) is 12.1 Å². The van der Waals surface area contributed by atoms with E-state index in [1.807, 2.05) is 6.07 Å². The number of thiazole rings is 1. The van der Waals surface area contributed by atoms with Gasteiger partial charge in [0, 0.05) is 22.2 Å². The van der Waals surface area contributed by atoms with Crippen LogP contribution in [0.25, 0.3) is 10.2 Å². The molecule has 0 bridgehead atoms. The Morgan fingerprint density at radius 3 is 2.68 bits per heavy atom. The number of rotatable bonds is 3. The molecule has 0 aliphatic rings. The molecule has 0 aliphatic heterocycles. The Balaban J connectivity index is 1.84. The molecule has 3 rings (SSSR count). The largest absolute Gasteiger partial charge is 0.323 e. The standard InChI is InChI=1S/C15H16N2S2/c1-9-7-14(18-10(9)2)11(16)8-15-17-12-5-3-4-6-13(12)19-15/h3-7,11H,8,16H2,1-2H3. The number of aromatic nitrogens is 1. The number of hydrogen-bond acceptors (Lipinski definition) is 4. The smallest absolute Gasteiger partial charge is 0.0957 e. The molecule has 0 fully saturated rings. The molecule has 0 amide bonds. The van der Waals surface area contributed by atoms with Crippen LogP contribution in [-0.2, 0) is 6.42 Å². The number of nitrogens with zero attached hydrogens (tertiary/aromatic N) is 1. The monoisotopic (exact) mass is 288 g/mol. The molecular weight excluding hydrogens is 272 g/mol. The maximum Gasteiger partial charge on any atom is 0.0957 e. The SMILES string of the molecule is Cc1cc(C(N)Cc2nc3ccccc3s2)sc1C. The Morgan fingerprint density at radius 2 is 2.00 bits per heavy atom. The number of fused-ring (bicyclic) bond motifs is 1. The molecule has 3 aromatic rings. The average molecular weight is 288 g/mol. The van der Waals surface area contributed by atoms with Gasteiger partial charge in [-0.05, 0) is 37.6 Å². The van der Waals surface area contributed by atoms with E-state index in [9.17, 15) is 0 Å². The van der Waals surface area contributed by atoms with Crippen LogP contribution in [0.2, 0.25) is 0 Å². The van der Waals surface area contributed by atoms with Crippen LogP contribution in [0, 0.1) is 13.8 Å². The molecule has 0 saturated carbocycles. The van der Waals surface area contributed by atoms with Crippen LogP contribution in [0.4, 0.5) is 0 Å². The minimum absolute atomic E-state index is 0.0537. The summed E-state index contributed by atoms with van der Waals surface area (Å²) < 4.78 is 1.24. The van der Waals surface area contributed by atoms with Gasteiger partial charge >= 0.3 is 0 Å². The fraction of sp³-hybridized carbons (Fsp3) is 0.267. The van der Waals surface area contributed by atoms with Gasteiger partial charge in [-0.2, -0.15) is 0 Å². The van der Waals surface area contributed by atoms with Crippen molar-refractivity contribution in [1.29, 1.82) is 0 Å². The van der Waals surface area contributed by atoms with E-state index in [-0.39, 0.29) is 6.04 Å². The number of para-hydroxylation sites is 1. The minimum atomic E-state index is 0.0537. The summed E-state index contributed by atoms with van der Waals surface area (Å²) in [4.78, 5) is 7.27. The van der Waals surface area contributed by atoms with Crippen molar-refractivity contribution in [3.05, 3.63) is 50.7 Å². The average Bonchev–Trinajstić information content (AvgIpc) is 2.93. The Morgan fingerprint density at radius 1 is 1.21 bits per heavy atom. The van der Waals surface area contributed by atoms with Crippen LogP contribution in [-0.4, -0.2) is 4.98 Å². The lowest BCUT2D eigenvalue weighted by atomic mass is 10.1. The van der Waals surface area contributed by atoms with Crippen LogP contribution in [0.3, 0.4) is 0 Å². The van der Waals surface area contributed by atoms with Gasteiger partial charge in [0.25, 0.3) is 0 Å². The van der Waals surface area contributed by atoms with Crippen molar-refractivity contribution in [2.75, 3.05) is 0 Å². The number of nitrogens with two attached hydrogens (primary N) is 1. The van der Waals surface area contributed by atoms with Gasteiger partial charge in [0.15, 0.2) is 0 Å². The number of thiophene rings is 1. The number of hydrogen-bond donors (Lipinski definition) is 1. The minimum Gasteiger partial charge on any atom is -0.323 e. The van der Waals surface area contributed by atoms with E-state index in [4.69, 9.17) is 5.73 Å². The van der Waals surface area contributed by atoms with E-state index in [0.717, 1.165) is 16.9 Å². The fourth-order valence-electron chi connectivity index (χ4n) is 2.08. The molecule has 0 radical (unpaired) electrons. The van der Waals surface area contributed by atoms with Crippen LogP contribution < -0.4 is 5.73 Å². The predicted octanol–water partition coefficient (Wildman–Crippen LogP) is 4.22. The number of aryl methyl sites for hydroxylation is 2. The van der Waals surface area contributed by atoms with Crippen LogP contribution in [0.5, 0.6) is 0 Å². The molecule has 4 heteroatoms. The summed E-state index contributed by atoms with van der Waals surface area (Å²) in [5.74, 6) is 0.